The van der Waals surface area contributed by atoms with Crippen molar-refractivity contribution in [3.63, 3.8) is 0 Å². The van der Waals surface area contributed by atoms with Crippen molar-refractivity contribution in [2.24, 2.45) is 22.7 Å². The molecule has 3 saturated carbocycles. The Morgan fingerprint density at radius 3 is 2.50 bits per heavy atom. The smallest absolute Gasteiger partial charge is 0.172 e. The Morgan fingerprint density at radius 1 is 1.20 bits per heavy atom. The monoisotopic (exact) mass is 278 g/mol. The largest absolute Gasteiger partial charge is 0.388 e. The molecule has 1 saturated heterocycles. The lowest BCUT2D eigenvalue weighted by Crippen LogP contribution is -2.76. The number of rotatable bonds is 0. The first-order chi connectivity index (χ1) is 9.27. The molecule has 1 heterocycles. The highest BCUT2D eigenvalue weighted by Crippen LogP contribution is 2.73. The Bertz CT molecular complexity index is 488. The van der Waals surface area contributed by atoms with Crippen molar-refractivity contribution in [3.8, 4) is 0 Å². The van der Waals surface area contributed by atoms with Crippen LogP contribution in [0.15, 0.2) is 11.6 Å². The zero-order valence-electron chi connectivity index (χ0n) is 13.0. The summed E-state index contributed by atoms with van der Waals surface area (Å²) in [6.45, 7) is 10.3. The zero-order chi connectivity index (χ0) is 14.4. The van der Waals surface area contributed by atoms with Crippen LogP contribution in [-0.4, -0.2) is 29.7 Å². The average molecular weight is 278 g/mol. The molecule has 112 valence electrons. The molecule has 0 unspecified atom stereocenters. The first kappa shape index (κ1) is 13.3. The molecule has 5 aliphatic rings. The van der Waals surface area contributed by atoms with Gasteiger partial charge in [0.25, 0.3) is 0 Å². The van der Waals surface area contributed by atoms with Gasteiger partial charge in [0, 0.05) is 23.2 Å². The number of allylic oxidation sites excluding steroid dienone is 1. The molecule has 0 aromatic heterocycles. The number of aliphatic hydroxyl groups is 1. The summed E-state index contributed by atoms with van der Waals surface area (Å²) >= 11 is 0. The Balaban J connectivity index is 1.91. The number of ether oxygens (including phenoxy) is 2. The Hall–Kier alpha value is -0.380. The molecule has 5 rings (SSSR count). The van der Waals surface area contributed by atoms with E-state index in [4.69, 9.17) is 9.47 Å². The van der Waals surface area contributed by atoms with Crippen molar-refractivity contribution < 1.29 is 14.6 Å². The standard InChI is InChI=1S/C17H26O3/c1-11-5-6-17(18)14(2,3)13-9-12(11)15(17,4)10-16(13)19-7-8-20-16/h5,12-13,18H,6-10H2,1-4H3/t12-,13+,15-,17+/m0/s1. The normalized spacial score (nSPS) is 51.4. The van der Waals surface area contributed by atoms with Gasteiger partial charge in [0.2, 0.25) is 0 Å². The summed E-state index contributed by atoms with van der Waals surface area (Å²) in [7, 11) is 0. The highest BCUT2D eigenvalue weighted by Gasteiger charge is 2.76. The molecular weight excluding hydrogens is 252 g/mol. The summed E-state index contributed by atoms with van der Waals surface area (Å²) in [5.41, 5.74) is 0.477. The van der Waals surface area contributed by atoms with Crippen molar-refractivity contribution in [3.05, 3.63) is 11.6 Å². The van der Waals surface area contributed by atoms with Gasteiger partial charge in [0.05, 0.1) is 18.8 Å². The molecule has 1 spiro atoms. The lowest BCUT2D eigenvalue weighted by molar-refractivity contribution is -0.366. The van der Waals surface area contributed by atoms with E-state index in [1.807, 2.05) is 0 Å². The number of hydrogen-bond acceptors (Lipinski definition) is 3. The molecule has 4 aliphatic carbocycles. The summed E-state index contributed by atoms with van der Waals surface area (Å²) in [6.07, 6.45) is 4.94. The second-order valence-corrected chi connectivity index (χ2v) is 8.18. The zero-order valence-corrected chi connectivity index (χ0v) is 13.0. The lowest BCUT2D eigenvalue weighted by Gasteiger charge is -2.73. The molecule has 0 aromatic carbocycles. The van der Waals surface area contributed by atoms with E-state index < -0.39 is 11.4 Å². The third-order valence-corrected chi connectivity index (χ3v) is 7.31. The minimum Gasteiger partial charge on any atom is -0.388 e. The molecule has 0 amide bonds. The van der Waals surface area contributed by atoms with E-state index in [2.05, 4.69) is 33.8 Å². The van der Waals surface area contributed by atoms with Crippen LogP contribution < -0.4 is 0 Å². The summed E-state index contributed by atoms with van der Waals surface area (Å²) in [5, 5.41) is 11.6. The van der Waals surface area contributed by atoms with Gasteiger partial charge in [-0.1, -0.05) is 32.4 Å². The van der Waals surface area contributed by atoms with Gasteiger partial charge in [-0.05, 0) is 25.7 Å². The van der Waals surface area contributed by atoms with Crippen LogP contribution in [0.2, 0.25) is 0 Å². The lowest BCUT2D eigenvalue weighted by atomic mass is 9.35. The van der Waals surface area contributed by atoms with Gasteiger partial charge in [-0.25, -0.2) is 0 Å². The Morgan fingerprint density at radius 2 is 1.85 bits per heavy atom. The van der Waals surface area contributed by atoms with Crippen molar-refractivity contribution in [2.75, 3.05) is 13.2 Å². The predicted octanol–water partition coefficient (Wildman–Crippen LogP) is 2.88. The molecular formula is C17H26O3. The highest BCUT2D eigenvalue weighted by atomic mass is 16.7. The van der Waals surface area contributed by atoms with Crippen molar-refractivity contribution >= 4 is 0 Å². The molecule has 4 atom stereocenters. The molecule has 1 aliphatic heterocycles. The SMILES string of the molecule is CC1=CC[C@@]2(O)C(C)(C)[C@H]3C[C@@H]1[C@]2(C)CC31OCCO1. The summed E-state index contributed by atoms with van der Waals surface area (Å²) in [5.74, 6) is 0.300. The summed E-state index contributed by atoms with van der Waals surface area (Å²) in [4.78, 5) is 0. The van der Waals surface area contributed by atoms with Crippen LogP contribution in [0.5, 0.6) is 0 Å². The van der Waals surface area contributed by atoms with Crippen molar-refractivity contribution in [1.82, 2.24) is 0 Å². The molecule has 4 bridgehead atoms. The average Bonchev–Trinajstić information content (AvgIpc) is 2.80. The van der Waals surface area contributed by atoms with E-state index in [0.29, 0.717) is 19.1 Å². The van der Waals surface area contributed by atoms with Gasteiger partial charge in [-0.2, -0.15) is 0 Å². The Kier molecular flexibility index (Phi) is 2.33. The molecule has 3 nitrogen and oxygen atoms in total. The van der Waals surface area contributed by atoms with E-state index in [1.165, 1.54) is 5.57 Å². The molecule has 4 fully saturated rings. The van der Waals surface area contributed by atoms with Gasteiger partial charge >= 0.3 is 0 Å². The first-order valence-corrected chi connectivity index (χ1v) is 7.94. The highest BCUT2D eigenvalue weighted by molar-refractivity contribution is 5.32. The van der Waals surface area contributed by atoms with Crippen LogP contribution in [0, 0.1) is 22.7 Å². The van der Waals surface area contributed by atoms with Gasteiger partial charge < -0.3 is 14.6 Å². The van der Waals surface area contributed by atoms with Gasteiger partial charge in [0.15, 0.2) is 5.79 Å². The van der Waals surface area contributed by atoms with E-state index in [1.54, 1.807) is 0 Å². The molecule has 0 radical (unpaired) electrons. The van der Waals surface area contributed by atoms with Crippen LogP contribution in [-0.2, 0) is 9.47 Å². The van der Waals surface area contributed by atoms with Crippen LogP contribution >= 0.6 is 0 Å². The van der Waals surface area contributed by atoms with Gasteiger partial charge in [-0.3, -0.25) is 0 Å². The number of hydrogen-bond donors (Lipinski definition) is 1. The fourth-order valence-electron chi connectivity index (χ4n) is 6.15. The van der Waals surface area contributed by atoms with E-state index in [-0.39, 0.29) is 16.7 Å². The molecule has 1 N–H and O–H groups in total. The van der Waals surface area contributed by atoms with Gasteiger partial charge in [0.1, 0.15) is 0 Å². The summed E-state index contributed by atoms with van der Waals surface area (Å²) < 4.78 is 12.2. The minimum atomic E-state index is -0.645. The molecule has 0 aromatic rings. The third kappa shape index (κ3) is 1.17. The van der Waals surface area contributed by atoms with E-state index in [9.17, 15) is 5.11 Å². The van der Waals surface area contributed by atoms with Crippen molar-refractivity contribution in [1.29, 1.82) is 0 Å². The fourth-order valence-corrected chi connectivity index (χ4v) is 6.15. The van der Waals surface area contributed by atoms with Crippen LogP contribution in [0.25, 0.3) is 0 Å². The quantitative estimate of drug-likeness (QED) is 0.692. The van der Waals surface area contributed by atoms with Crippen LogP contribution in [0.1, 0.15) is 47.0 Å². The van der Waals surface area contributed by atoms with Crippen molar-refractivity contribution in [2.45, 2.75) is 58.3 Å². The topological polar surface area (TPSA) is 38.7 Å². The second kappa shape index (κ2) is 3.50. The molecule has 20 heavy (non-hydrogen) atoms. The summed E-state index contributed by atoms with van der Waals surface area (Å²) in [6, 6.07) is 0. The molecule has 3 heteroatoms. The van der Waals surface area contributed by atoms with E-state index in [0.717, 1.165) is 19.3 Å². The maximum atomic E-state index is 11.6. The fraction of sp³-hybridized carbons (Fsp3) is 0.882. The second-order valence-electron chi connectivity index (χ2n) is 8.18. The predicted molar refractivity (Wildman–Crippen MR) is 76.1 cm³/mol. The maximum Gasteiger partial charge on any atom is 0.172 e. The van der Waals surface area contributed by atoms with E-state index >= 15 is 0 Å². The van der Waals surface area contributed by atoms with Crippen LogP contribution in [0.4, 0.5) is 0 Å². The maximum absolute atomic E-state index is 11.6. The third-order valence-electron chi connectivity index (χ3n) is 7.31. The first-order valence-electron chi connectivity index (χ1n) is 7.94. The minimum absolute atomic E-state index is 0.144. The van der Waals surface area contributed by atoms with Crippen LogP contribution in [0.3, 0.4) is 0 Å². The Labute approximate surface area is 121 Å². The van der Waals surface area contributed by atoms with Gasteiger partial charge in [-0.15, -0.1) is 0 Å².